The molecule has 6 heterocycles. The summed E-state index contributed by atoms with van der Waals surface area (Å²) < 4.78 is 32.5. The minimum Gasteiger partial charge on any atom is -0.386 e. The van der Waals surface area contributed by atoms with Crippen LogP contribution in [0.25, 0.3) is 11.0 Å². The fourth-order valence-corrected chi connectivity index (χ4v) is 6.49. The standard InChI is InChI=1S/C31H38N4O7/c36-26-27(42-24-13-5-7-16-39-24)22(18-40-23-12-4-6-15-38-23)41-31(26)35-17-21-11-8-14-34(28-25(21)29(35)33-19-32-28)30(37)20-9-2-1-3-10-20/h1-3,9-10,17,19,22-24,26-27,31,36H,4-8,11-16,18H2/t22-,23?,24?,26-,27-,31-/m1/s1. The van der Waals surface area contributed by atoms with Crippen molar-refractivity contribution in [3.05, 3.63) is 54.0 Å². The Morgan fingerprint density at radius 2 is 1.79 bits per heavy atom. The lowest BCUT2D eigenvalue weighted by Gasteiger charge is -2.30. The zero-order chi connectivity index (χ0) is 28.5. The summed E-state index contributed by atoms with van der Waals surface area (Å²) in [6.07, 6.45) is 7.03. The SMILES string of the molecule is O=C(c1ccccc1)N1CCCc2cn([C@@H]3O[C@H](COC4CCCCO4)[C@@H](OC4CCCCO4)[C@H]3O)c3ncnc1c23. The molecule has 0 aliphatic carbocycles. The third kappa shape index (κ3) is 5.45. The average molecular weight is 579 g/mol. The zero-order valence-corrected chi connectivity index (χ0v) is 23.7. The van der Waals surface area contributed by atoms with E-state index in [2.05, 4.69) is 9.97 Å². The lowest BCUT2D eigenvalue weighted by Crippen LogP contribution is -2.41. The highest BCUT2D eigenvalue weighted by atomic mass is 16.7. The molecule has 2 unspecified atom stereocenters. The molecule has 0 saturated carbocycles. The van der Waals surface area contributed by atoms with Crippen LogP contribution in [0.5, 0.6) is 0 Å². The van der Waals surface area contributed by atoms with E-state index in [9.17, 15) is 9.90 Å². The molecule has 3 fully saturated rings. The van der Waals surface area contributed by atoms with Crippen LogP contribution in [-0.2, 0) is 30.1 Å². The van der Waals surface area contributed by atoms with Crippen molar-refractivity contribution in [2.45, 2.75) is 88.5 Å². The molecule has 6 atom stereocenters. The lowest BCUT2D eigenvalue weighted by atomic mass is 10.1. The van der Waals surface area contributed by atoms with E-state index in [1.807, 2.05) is 41.1 Å². The van der Waals surface area contributed by atoms with Crippen LogP contribution < -0.4 is 4.90 Å². The van der Waals surface area contributed by atoms with Crippen LogP contribution >= 0.6 is 0 Å². The Morgan fingerprint density at radius 3 is 2.55 bits per heavy atom. The number of benzene rings is 1. The first-order chi connectivity index (χ1) is 20.7. The molecule has 11 heteroatoms. The van der Waals surface area contributed by atoms with Gasteiger partial charge in [-0.15, -0.1) is 0 Å². The second kappa shape index (κ2) is 12.4. The summed E-state index contributed by atoms with van der Waals surface area (Å²) >= 11 is 0. The van der Waals surface area contributed by atoms with Crippen LogP contribution in [0, 0.1) is 0 Å². The van der Waals surface area contributed by atoms with Crippen molar-refractivity contribution in [1.29, 1.82) is 0 Å². The van der Waals surface area contributed by atoms with E-state index < -0.39 is 30.8 Å². The average Bonchev–Trinajstić information content (AvgIpc) is 3.48. The van der Waals surface area contributed by atoms with E-state index in [-0.39, 0.29) is 18.8 Å². The Balaban J connectivity index is 1.19. The number of rotatable bonds is 7. The smallest absolute Gasteiger partial charge is 0.259 e. The number of hydrogen-bond donors (Lipinski definition) is 1. The summed E-state index contributed by atoms with van der Waals surface area (Å²) in [5.41, 5.74) is 2.23. The van der Waals surface area contributed by atoms with Gasteiger partial charge in [0.2, 0.25) is 0 Å². The third-order valence-electron chi connectivity index (χ3n) is 8.63. The van der Waals surface area contributed by atoms with E-state index in [0.29, 0.717) is 36.8 Å². The third-order valence-corrected chi connectivity index (χ3v) is 8.63. The van der Waals surface area contributed by atoms with E-state index in [0.717, 1.165) is 62.3 Å². The van der Waals surface area contributed by atoms with Crippen LogP contribution in [0.15, 0.2) is 42.9 Å². The largest absolute Gasteiger partial charge is 0.386 e. The first-order valence-electron chi connectivity index (χ1n) is 15.2. The summed E-state index contributed by atoms with van der Waals surface area (Å²) in [5, 5.41) is 12.5. The number of anilines is 1. The Morgan fingerprint density at radius 1 is 1.00 bits per heavy atom. The molecule has 4 aliphatic rings. The number of carbonyl (C=O) groups excluding carboxylic acids is 1. The van der Waals surface area contributed by atoms with Crippen LogP contribution in [0.3, 0.4) is 0 Å². The normalized spacial score (nSPS) is 30.0. The first-order valence-corrected chi connectivity index (χ1v) is 15.2. The molecule has 1 amide bonds. The molecule has 42 heavy (non-hydrogen) atoms. The Kier molecular flexibility index (Phi) is 8.20. The van der Waals surface area contributed by atoms with E-state index in [1.54, 1.807) is 4.90 Å². The van der Waals surface area contributed by atoms with Crippen molar-refractivity contribution in [2.75, 3.05) is 31.3 Å². The summed E-state index contributed by atoms with van der Waals surface area (Å²) in [5.74, 6) is 0.474. The topological polar surface area (TPSA) is 117 Å². The predicted molar refractivity (Wildman–Crippen MR) is 152 cm³/mol. The molecule has 3 saturated heterocycles. The van der Waals surface area contributed by atoms with Gasteiger partial charge in [-0.2, -0.15) is 0 Å². The van der Waals surface area contributed by atoms with Crippen molar-refractivity contribution in [3.63, 3.8) is 0 Å². The monoisotopic (exact) mass is 578 g/mol. The van der Waals surface area contributed by atoms with Gasteiger partial charge >= 0.3 is 0 Å². The molecule has 2 aromatic heterocycles. The molecule has 224 valence electrons. The van der Waals surface area contributed by atoms with Gasteiger partial charge in [-0.3, -0.25) is 9.69 Å². The number of aliphatic hydroxyl groups excluding tert-OH is 1. The summed E-state index contributed by atoms with van der Waals surface area (Å²) in [7, 11) is 0. The van der Waals surface area contributed by atoms with Gasteiger partial charge in [-0.25, -0.2) is 9.97 Å². The van der Waals surface area contributed by atoms with Gasteiger partial charge in [0, 0.05) is 31.5 Å². The highest BCUT2D eigenvalue weighted by Gasteiger charge is 2.48. The maximum Gasteiger partial charge on any atom is 0.259 e. The highest BCUT2D eigenvalue weighted by molar-refractivity contribution is 6.10. The first kappa shape index (κ1) is 27.9. The number of ether oxygens (including phenoxy) is 5. The molecule has 7 rings (SSSR count). The number of aromatic nitrogens is 3. The van der Waals surface area contributed by atoms with Crippen molar-refractivity contribution < 1.29 is 33.6 Å². The minimum absolute atomic E-state index is 0.101. The number of nitrogens with zero attached hydrogens (tertiary/aromatic N) is 4. The molecule has 0 bridgehead atoms. The van der Waals surface area contributed by atoms with Crippen molar-refractivity contribution in [2.24, 2.45) is 0 Å². The van der Waals surface area contributed by atoms with E-state index in [1.165, 1.54) is 6.33 Å². The van der Waals surface area contributed by atoms with Crippen molar-refractivity contribution in [1.82, 2.24) is 14.5 Å². The van der Waals surface area contributed by atoms with Crippen molar-refractivity contribution in [3.8, 4) is 0 Å². The summed E-state index contributed by atoms with van der Waals surface area (Å²) in [4.78, 5) is 24.5. The van der Waals surface area contributed by atoms with Gasteiger partial charge in [0.15, 0.2) is 18.8 Å². The molecule has 1 N–H and O–H groups in total. The van der Waals surface area contributed by atoms with Gasteiger partial charge in [-0.1, -0.05) is 18.2 Å². The Bertz CT molecular complexity index is 1370. The fourth-order valence-electron chi connectivity index (χ4n) is 6.49. The van der Waals surface area contributed by atoms with Gasteiger partial charge in [0.1, 0.15) is 36.1 Å². The second-order valence-corrected chi connectivity index (χ2v) is 11.5. The molecule has 1 aromatic carbocycles. The van der Waals surface area contributed by atoms with Gasteiger partial charge in [0.05, 0.1) is 12.0 Å². The molecular formula is C31H38N4O7. The predicted octanol–water partition coefficient (Wildman–Crippen LogP) is 3.74. The highest BCUT2D eigenvalue weighted by Crippen LogP contribution is 2.39. The number of carbonyl (C=O) groups is 1. The molecular weight excluding hydrogens is 540 g/mol. The quantitative estimate of drug-likeness (QED) is 0.447. The molecule has 4 aliphatic heterocycles. The molecule has 0 radical (unpaired) electrons. The van der Waals surface area contributed by atoms with Gasteiger partial charge in [0.25, 0.3) is 5.91 Å². The fraction of sp³-hybridized carbons (Fsp3) is 0.581. The number of aryl methyl sites for hydroxylation is 1. The van der Waals surface area contributed by atoms with Crippen LogP contribution in [0.2, 0.25) is 0 Å². The second-order valence-electron chi connectivity index (χ2n) is 11.5. The van der Waals surface area contributed by atoms with Crippen LogP contribution in [0.1, 0.15) is 67.1 Å². The van der Waals surface area contributed by atoms with E-state index >= 15 is 0 Å². The Labute approximate surface area is 244 Å². The minimum atomic E-state index is -0.997. The Hall–Kier alpha value is -2.93. The van der Waals surface area contributed by atoms with Gasteiger partial charge in [-0.05, 0) is 69.1 Å². The molecule has 3 aromatic rings. The molecule has 0 spiro atoms. The number of aliphatic hydroxyl groups is 1. The van der Waals surface area contributed by atoms with E-state index in [4.69, 9.17) is 23.7 Å². The summed E-state index contributed by atoms with van der Waals surface area (Å²) in [6, 6.07) is 9.25. The van der Waals surface area contributed by atoms with Crippen LogP contribution in [0.4, 0.5) is 5.82 Å². The lowest BCUT2D eigenvalue weighted by molar-refractivity contribution is -0.223. The number of hydrogen-bond acceptors (Lipinski definition) is 9. The van der Waals surface area contributed by atoms with Gasteiger partial charge < -0.3 is 33.4 Å². The summed E-state index contributed by atoms with van der Waals surface area (Å²) in [6.45, 7) is 2.10. The maximum atomic E-state index is 13.5. The maximum absolute atomic E-state index is 13.5. The van der Waals surface area contributed by atoms with Crippen molar-refractivity contribution >= 4 is 22.8 Å². The number of amides is 1. The molecule has 11 nitrogen and oxygen atoms in total. The zero-order valence-electron chi connectivity index (χ0n) is 23.7. The van der Waals surface area contributed by atoms with Crippen LogP contribution in [-0.4, -0.2) is 82.8 Å².